The Labute approximate surface area is 237 Å². The molecule has 1 aromatic rings. The molecule has 1 atom stereocenters. The molecule has 16 heteroatoms. The molecular weight excluding hydrogens is 582 g/mol. The normalized spacial score (nSPS) is 21.7. The fourth-order valence-electron chi connectivity index (χ4n) is 4.24. The molecule has 1 fully saturated rings. The quantitative estimate of drug-likeness (QED) is 0.151. The maximum atomic E-state index is 13.3. The van der Waals surface area contributed by atoms with Crippen LogP contribution in [0.25, 0.3) is 0 Å². The van der Waals surface area contributed by atoms with Gasteiger partial charge >= 0.3 is 21.6 Å². The second-order valence-electron chi connectivity index (χ2n) is 9.50. The van der Waals surface area contributed by atoms with Crippen LogP contribution >= 0.6 is 15.6 Å². The van der Waals surface area contributed by atoms with Gasteiger partial charge in [-0.15, -0.1) is 0 Å². The Morgan fingerprint density at radius 3 is 2.39 bits per heavy atom. The summed E-state index contributed by atoms with van der Waals surface area (Å²) in [5, 5.41) is 4.06. The van der Waals surface area contributed by atoms with Crippen LogP contribution in [0.2, 0.25) is 0 Å². The zero-order chi connectivity index (χ0) is 30.0. The summed E-state index contributed by atoms with van der Waals surface area (Å²) < 4.78 is 38.1. The van der Waals surface area contributed by atoms with E-state index in [0.717, 1.165) is 31.4 Å². The lowest BCUT2D eigenvalue weighted by Gasteiger charge is -2.26. The standard InChI is InChI=1S/C25H34N2O12P2/c1-18-10-6-3-2-4-7-11-20(26-36-17-23(28)27-12-8-5-9-13-27)14-19-15-21(38-40(30,31)32)16-22(39-41(33,34)35)24(19)25(29)37-18/h3,6-7,11,15-16,18H,2,4-5,8-10,12-14,17H2,1H3,(H2,30,31,32)(H2,33,34,35)/b6-3+,11-7+,26-20+/t18-/m1/s1. The maximum absolute atomic E-state index is 13.3. The van der Waals surface area contributed by atoms with Crippen molar-refractivity contribution in [2.24, 2.45) is 5.16 Å². The lowest BCUT2D eigenvalue weighted by molar-refractivity contribution is -0.137. The van der Waals surface area contributed by atoms with E-state index >= 15 is 0 Å². The molecule has 41 heavy (non-hydrogen) atoms. The van der Waals surface area contributed by atoms with E-state index in [1.54, 1.807) is 24.0 Å². The first kappa shape index (κ1) is 32.5. The fraction of sp³-hybridized carbons (Fsp3) is 0.480. The zero-order valence-electron chi connectivity index (χ0n) is 22.5. The summed E-state index contributed by atoms with van der Waals surface area (Å²) in [7, 11) is -10.4. The lowest BCUT2D eigenvalue weighted by Crippen LogP contribution is -2.37. The Hall–Kier alpha value is -2.99. The Bertz CT molecular complexity index is 1280. The van der Waals surface area contributed by atoms with Crippen LogP contribution < -0.4 is 9.05 Å². The van der Waals surface area contributed by atoms with Gasteiger partial charge in [-0.25, -0.2) is 13.9 Å². The third-order valence-corrected chi connectivity index (χ3v) is 6.89. The van der Waals surface area contributed by atoms with Crippen LogP contribution in [0.1, 0.15) is 61.4 Å². The van der Waals surface area contributed by atoms with Crippen molar-refractivity contribution in [3.8, 4) is 11.5 Å². The number of nitrogens with zero attached hydrogens (tertiary/aromatic N) is 2. The van der Waals surface area contributed by atoms with Gasteiger partial charge in [0.25, 0.3) is 5.91 Å². The Morgan fingerprint density at radius 1 is 1.02 bits per heavy atom. The van der Waals surface area contributed by atoms with E-state index in [0.29, 0.717) is 32.4 Å². The first-order valence-corrected chi connectivity index (χ1v) is 16.0. The summed E-state index contributed by atoms with van der Waals surface area (Å²) >= 11 is 0. The second kappa shape index (κ2) is 14.8. The molecule has 2 heterocycles. The minimum absolute atomic E-state index is 0.0430. The number of hydrogen-bond donors (Lipinski definition) is 4. The molecule has 2 aliphatic heterocycles. The highest BCUT2D eigenvalue weighted by atomic mass is 31.2. The number of amides is 1. The van der Waals surface area contributed by atoms with Crippen LogP contribution in [0, 0.1) is 0 Å². The van der Waals surface area contributed by atoms with E-state index in [2.05, 4.69) is 9.68 Å². The molecule has 1 aromatic carbocycles. The number of oxime groups is 1. The van der Waals surface area contributed by atoms with Crippen molar-refractivity contribution in [1.82, 2.24) is 4.90 Å². The maximum Gasteiger partial charge on any atom is 0.524 e. The van der Waals surface area contributed by atoms with Crippen LogP contribution in [0.15, 0.2) is 41.6 Å². The first-order valence-electron chi connectivity index (χ1n) is 13.0. The number of piperidine rings is 1. The summed E-state index contributed by atoms with van der Waals surface area (Å²) in [5.74, 6) is -2.50. The average molecular weight is 616 g/mol. The van der Waals surface area contributed by atoms with Crippen molar-refractivity contribution >= 4 is 33.2 Å². The van der Waals surface area contributed by atoms with Crippen LogP contribution in [0.5, 0.6) is 11.5 Å². The van der Waals surface area contributed by atoms with Gasteiger partial charge in [0, 0.05) is 32.0 Å². The van der Waals surface area contributed by atoms with E-state index < -0.39 is 44.8 Å². The molecule has 0 aliphatic carbocycles. The zero-order valence-corrected chi connectivity index (χ0v) is 24.2. The molecule has 14 nitrogen and oxygen atoms in total. The molecule has 2 aliphatic rings. The van der Waals surface area contributed by atoms with E-state index in [4.69, 9.17) is 14.1 Å². The van der Waals surface area contributed by atoms with Crippen LogP contribution in [0.3, 0.4) is 0 Å². The van der Waals surface area contributed by atoms with Gasteiger partial charge in [-0.05, 0) is 56.7 Å². The SMILES string of the molecule is C[C@@H]1C/C=C/CC/C=C/C(=N\OCC(=O)N2CCCCC2)Cc2cc(OP(=O)(O)O)cc(OP(=O)(O)O)c2C(=O)O1. The fourth-order valence-corrected chi connectivity index (χ4v) is 5.02. The van der Waals surface area contributed by atoms with Gasteiger partial charge in [0.2, 0.25) is 0 Å². The molecule has 0 spiro atoms. The number of rotatable bonds is 7. The number of benzene rings is 1. The molecule has 1 amide bonds. The second-order valence-corrected chi connectivity index (χ2v) is 11.8. The van der Waals surface area contributed by atoms with Crippen LogP contribution in [-0.4, -0.2) is 67.9 Å². The largest absolute Gasteiger partial charge is 0.524 e. The van der Waals surface area contributed by atoms with Crippen molar-refractivity contribution in [2.45, 2.75) is 58.0 Å². The van der Waals surface area contributed by atoms with Gasteiger partial charge in [-0.2, -0.15) is 0 Å². The molecule has 0 unspecified atom stereocenters. The van der Waals surface area contributed by atoms with Crippen molar-refractivity contribution in [3.05, 3.63) is 47.6 Å². The predicted octanol–water partition coefficient (Wildman–Crippen LogP) is 3.40. The number of phosphoric acid groups is 2. The third-order valence-electron chi connectivity index (χ3n) is 6.01. The number of phosphoric ester groups is 2. The minimum Gasteiger partial charge on any atom is -0.459 e. The van der Waals surface area contributed by atoms with Crippen molar-refractivity contribution in [1.29, 1.82) is 0 Å². The topological polar surface area (TPSA) is 202 Å². The summed E-state index contributed by atoms with van der Waals surface area (Å²) in [6.07, 6.45) is 10.7. The molecule has 0 radical (unpaired) electrons. The van der Waals surface area contributed by atoms with Crippen LogP contribution in [-0.2, 0) is 29.9 Å². The third kappa shape index (κ3) is 11.4. The summed E-state index contributed by atoms with van der Waals surface area (Å²) in [5.41, 5.74) is -0.265. The number of esters is 1. The van der Waals surface area contributed by atoms with Crippen molar-refractivity contribution in [2.75, 3.05) is 19.7 Å². The van der Waals surface area contributed by atoms with E-state index in [9.17, 15) is 38.3 Å². The Balaban J connectivity index is 2.04. The molecule has 0 saturated carbocycles. The number of cyclic esters (lactones) is 1. The van der Waals surface area contributed by atoms with Crippen molar-refractivity contribution in [3.63, 3.8) is 0 Å². The average Bonchev–Trinajstić information content (AvgIpc) is 2.85. The van der Waals surface area contributed by atoms with Gasteiger partial charge in [-0.1, -0.05) is 23.4 Å². The van der Waals surface area contributed by atoms with E-state index in [-0.39, 0.29) is 30.2 Å². The predicted molar refractivity (Wildman–Crippen MR) is 146 cm³/mol. The first-order chi connectivity index (χ1) is 19.3. The highest BCUT2D eigenvalue weighted by Crippen LogP contribution is 2.45. The molecule has 1 saturated heterocycles. The molecule has 0 bridgehead atoms. The molecule has 0 aromatic heterocycles. The highest BCUT2D eigenvalue weighted by molar-refractivity contribution is 7.47. The number of hydrogen-bond acceptors (Lipinski definition) is 9. The summed E-state index contributed by atoms with van der Waals surface area (Å²) in [6.45, 7) is 2.55. The number of allylic oxidation sites excluding steroid dienone is 3. The Morgan fingerprint density at radius 2 is 1.71 bits per heavy atom. The van der Waals surface area contributed by atoms with Gasteiger partial charge in [0.05, 0.1) is 5.71 Å². The summed E-state index contributed by atoms with van der Waals surface area (Å²) in [6, 6.07) is 1.87. The smallest absolute Gasteiger partial charge is 0.459 e. The van der Waals surface area contributed by atoms with E-state index in [1.165, 1.54) is 0 Å². The number of carbonyl (C=O) groups is 2. The minimum atomic E-state index is -5.26. The Kier molecular flexibility index (Phi) is 11.7. The summed E-state index contributed by atoms with van der Waals surface area (Å²) in [4.78, 5) is 70.4. The monoisotopic (exact) mass is 616 g/mol. The molecule has 3 rings (SSSR count). The lowest BCUT2D eigenvalue weighted by atomic mass is 9.99. The molecular formula is C25H34N2O12P2. The van der Waals surface area contributed by atoms with Gasteiger partial charge in [-0.3, -0.25) is 24.4 Å². The number of likely N-dealkylation sites (tertiary alicyclic amines) is 1. The van der Waals surface area contributed by atoms with Gasteiger partial charge in [0.15, 0.2) is 6.61 Å². The van der Waals surface area contributed by atoms with E-state index in [1.807, 2.05) is 12.2 Å². The highest BCUT2D eigenvalue weighted by Gasteiger charge is 2.29. The van der Waals surface area contributed by atoms with Crippen LogP contribution in [0.4, 0.5) is 0 Å². The number of fused-ring (bicyclic) bond motifs is 1. The van der Waals surface area contributed by atoms with Crippen molar-refractivity contribution < 1.29 is 56.9 Å². The van der Waals surface area contributed by atoms with Gasteiger partial charge < -0.3 is 23.5 Å². The number of ether oxygens (including phenoxy) is 1. The molecule has 226 valence electrons. The van der Waals surface area contributed by atoms with Gasteiger partial charge in [0.1, 0.15) is 23.2 Å². The molecule has 4 N–H and O–H groups in total. The number of carbonyl (C=O) groups excluding carboxylic acids is 2.